The molecule has 16 heavy (non-hydrogen) atoms. The van der Waals surface area contributed by atoms with Crippen molar-refractivity contribution in [2.75, 3.05) is 18.0 Å². The maximum absolute atomic E-state index is 11.7. The van der Waals surface area contributed by atoms with Crippen LogP contribution in [0.25, 0.3) is 5.70 Å². The highest BCUT2D eigenvalue weighted by atomic mass is 32.2. The molecule has 0 radical (unpaired) electrons. The normalized spacial score (nSPS) is 16.2. The van der Waals surface area contributed by atoms with Gasteiger partial charge in [-0.2, -0.15) is 0 Å². The van der Waals surface area contributed by atoms with Crippen molar-refractivity contribution in [2.45, 2.75) is 6.92 Å². The third-order valence-electron chi connectivity index (χ3n) is 2.52. The van der Waals surface area contributed by atoms with Crippen molar-refractivity contribution >= 4 is 29.1 Å². The first kappa shape index (κ1) is 11.1. The second kappa shape index (κ2) is 4.61. The van der Waals surface area contributed by atoms with Crippen LogP contribution in [0.5, 0.6) is 0 Å². The molecule has 0 spiro atoms. The van der Waals surface area contributed by atoms with Crippen molar-refractivity contribution in [2.24, 2.45) is 0 Å². The minimum absolute atomic E-state index is 0.168. The predicted octanol–water partition coefficient (Wildman–Crippen LogP) is 2.16. The summed E-state index contributed by atoms with van der Waals surface area (Å²) in [6.07, 6.45) is 0. The lowest BCUT2D eigenvalue weighted by molar-refractivity contribution is -0.125. The summed E-state index contributed by atoms with van der Waals surface area (Å²) in [5.74, 6) is 0.702. The fourth-order valence-corrected chi connectivity index (χ4v) is 2.50. The molecular formula is C12H14N2OS. The Hall–Kier alpha value is -1.42. The van der Waals surface area contributed by atoms with Gasteiger partial charge < -0.3 is 10.6 Å². The van der Waals surface area contributed by atoms with Crippen molar-refractivity contribution in [3.8, 4) is 0 Å². The van der Waals surface area contributed by atoms with Gasteiger partial charge in [0.25, 0.3) is 0 Å². The van der Waals surface area contributed by atoms with Crippen LogP contribution in [0.1, 0.15) is 12.5 Å². The first-order valence-corrected chi connectivity index (χ1v) is 6.25. The summed E-state index contributed by atoms with van der Waals surface area (Å²) in [5.41, 5.74) is 8.40. The molecule has 0 atom stereocenters. The highest BCUT2D eigenvalue weighted by molar-refractivity contribution is 8.03. The first-order valence-electron chi connectivity index (χ1n) is 5.20. The van der Waals surface area contributed by atoms with Gasteiger partial charge in [0.15, 0.2) is 0 Å². The molecule has 2 rings (SSSR count). The third kappa shape index (κ3) is 2.07. The quantitative estimate of drug-likeness (QED) is 0.798. The maximum Gasteiger partial charge on any atom is 0.237 e. The van der Waals surface area contributed by atoms with Crippen LogP contribution in [-0.4, -0.2) is 23.1 Å². The zero-order valence-electron chi connectivity index (χ0n) is 9.14. The molecule has 1 aromatic rings. The van der Waals surface area contributed by atoms with Crippen LogP contribution in [0, 0.1) is 0 Å². The number of carbonyl (C=O) groups is 1. The zero-order chi connectivity index (χ0) is 11.5. The molecule has 0 aliphatic carbocycles. The number of carbonyl (C=O) groups excluding carboxylic acids is 1. The van der Waals surface area contributed by atoms with E-state index in [1.165, 1.54) is 0 Å². The van der Waals surface area contributed by atoms with Gasteiger partial charge in [0.05, 0.1) is 11.4 Å². The van der Waals surface area contributed by atoms with Gasteiger partial charge in [0, 0.05) is 12.2 Å². The number of anilines is 1. The van der Waals surface area contributed by atoms with E-state index in [4.69, 9.17) is 5.73 Å². The molecule has 0 saturated carbocycles. The third-order valence-corrected chi connectivity index (χ3v) is 3.32. The van der Waals surface area contributed by atoms with Crippen LogP contribution in [0.3, 0.4) is 0 Å². The van der Waals surface area contributed by atoms with Gasteiger partial charge in [-0.05, 0) is 30.0 Å². The molecule has 1 aliphatic heterocycles. The summed E-state index contributed by atoms with van der Waals surface area (Å²) in [5, 5.41) is 2.04. The lowest BCUT2D eigenvalue weighted by Crippen LogP contribution is -2.32. The van der Waals surface area contributed by atoms with Crippen LogP contribution in [-0.2, 0) is 4.79 Å². The minimum Gasteiger partial charge on any atom is -0.399 e. The van der Waals surface area contributed by atoms with Crippen molar-refractivity contribution in [1.82, 2.24) is 4.90 Å². The molecule has 1 aliphatic rings. The Bertz CT molecular complexity index is 425. The molecule has 0 bridgehead atoms. The number of nitrogen functional groups attached to an aromatic ring is 1. The molecule has 2 N–H and O–H groups in total. The van der Waals surface area contributed by atoms with E-state index in [0.29, 0.717) is 12.3 Å². The van der Waals surface area contributed by atoms with Crippen LogP contribution in [0.4, 0.5) is 5.69 Å². The Balaban J connectivity index is 2.35. The average molecular weight is 234 g/mol. The maximum atomic E-state index is 11.7. The van der Waals surface area contributed by atoms with Crippen molar-refractivity contribution in [3.63, 3.8) is 0 Å². The van der Waals surface area contributed by atoms with Crippen LogP contribution >= 0.6 is 11.8 Å². The average Bonchev–Trinajstić information content (AvgIpc) is 2.30. The van der Waals surface area contributed by atoms with Crippen LogP contribution in [0.15, 0.2) is 29.7 Å². The molecule has 3 nitrogen and oxygen atoms in total. The van der Waals surface area contributed by atoms with Gasteiger partial charge in [0.1, 0.15) is 0 Å². The highest BCUT2D eigenvalue weighted by Gasteiger charge is 2.21. The number of hydrogen-bond donors (Lipinski definition) is 1. The summed E-state index contributed by atoms with van der Waals surface area (Å²) < 4.78 is 0. The molecule has 0 saturated heterocycles. The SMILES string of the molecule is CCN1C(=O)CSC=C1c1ccc(N)cc1. The van der Waals surface area contributed by atoms with Gasteiger partial charge in [-0.1, -0.05) is 12.1 Å². The van der Waals surface area contributed by atoms with Crippen molar-refractivity contribution in [1.29, 1.82) is 0 Å². The van der Waals surface area contributed by atoms with E-state index in [1.54, 1.807) is 11.8 Å². The number of rotatable bonds is 2. The summed E-state index contributed by atoms with van der Waals surface area (Å²) in [6, 6.07) is 7.60. The standard InChI is InChI=1S/C12H14N2OS/c1-2-14-11(7-16-8-12(14)15)9-3-5-10(13)6-4-9/h3-7H,2,8,13H2,1H3. The molecule has 0 aromatic heterocycles. The summed E-state index contributed by atoms with van der Waals surface area (Å²) in [7, 11) is 0. The number of amides is 1. The molecule has 1 heterocycles. The second-order valence-electron chi connectivity index (χ2n) is 3.57. The van der Waals surface area contributed by atoms with E-state index in [1.807, 2.05) is 41.5 Å². The summed E-state index contributed by atoms with van der Waals surface area (Å²) in [6.45, 7) is 2.69. The van der Waals surface area contributed by atoms with Gasteiger partial charge in [-0.3, -0.25) is 4.79 Å². The van der Waals surface area contributed by atoms with Crippen LogP contribution < -0.4 is 5.73 Å². The number of thioether (sulfide) groups is 1. The van der Waals surface area contributed by atoms with Crippen molar-refractivity contribution in [3.05, 3.63) is 35.2 Å². The summed E-state index contributed by atoms with van der Waals surface area (Å²) >= 11 is 1.54. The van der Waals surface area contributed by atoms with Crippen LogP contribution in [0.2, 0.25) is 0 Å². The molecule has 1 amide bonds. The summed E-state index contributed by atoms with van der Waals surface area (Å²) in [4.78, 5) is 13.5. The molecule has 84 valence electrons. The highest BCUT2D eigenvalue weighted by Crippen LogP contribution is 2.28. The number of hydrogen-bond acceptors (Lipinski definition) is 3. The Kier molecular flexibility index (Phi) is 3.19. The molecule has 0 unspecified atom stereocenters. The van der Waals surface area contributed by atoms with Gasteiger partial charge >= 0.3 is 0 Å². The fourth-order valence-electron chi connectivity index (χ4n) is 1.69. The van der Waals surface area contributed by atoms with E-state index in [9.17, 15) is 4.79 Å². The van der Waals surface area contributed by atoms with Gasteiger partial charge in [-0.25, -0.2) is 0 Å². The lowest BCUT2D eigenvalue weighted by Gasteiger charge is -2.27. The second-order valence-corrected chi connectivity index (χ2v) is 4.43. The van der Waals surface area contributed by atoms with E-state index in [0.717, 1.165) is 16.9 Å². The van der Waals surface area contributed by atoms with E-state index in [-0.39, 0.29) is 5.91 Å². The first-order chi connectivity index (χ1) is 7.72. The Morgan fingerprint density at radius 2 is 2.06 bits per heavy atom. The number of nitrogens with zero attached hydrogens (tertiary/aromatic N) is 1. The van der Waals surface area contributed by atoms with E-state index >= 15 is 0 Å². The molecule has 4 heteroatoms. The van der Waals surface area contributed by atoms with Gasteiger partial charge in [0.2, 0.25) is 5.91 Å². The zero-order valence-corrected chi connectivity index (χ0v) is 9.96. The molecular weight excluding hydrogens is 220 g/mol. The smallest absolute Gasteiger partial charge is 0.237 e. The predicted molar refractivity (Wildman–Crippen MR) is 68.7 cm³/mol. The minimum atomic E-state index is 0.168. The van der Waals surface area contributed by atoms with E-state index in [2.05, 4.69) is 0 Å². The monoisotopic (exact) mass is 234 g/mol. The van der Waals surface area contributed by atoms with Crippen molar-refractivity contribution < 1.29 is 4.79 Å². The Morgan fingerprint density at radius 1 is 1.38 bits per heavy atom. The lowest BCUT2D eigenvalue weighted by atomic mass is 10.1. The topological polar surface area (TPSA) is 46.3 Å². The number of nitrogens with two attached hydrogens (primary N) is 1. The Morgan fingerprint density at radius 3 is 2.69 bits per heavy atom. The fraction of sp³-hybridized carbons (Fsp3) is 0.250. The van der Waals surface area contributed by atoms with Gasteiger partial charge in [-0.15, -0.1) is 11.8 Å². The number of benzene rings is 1. The largest absolute Gasteiger partial charge is 0.399 e. The molecule has 0 fully saturated rings. The van der Waals surface area contributed by atoms with E-state index < -0.39 is 0 Å². The molecule has 1 aromatic carbocycles. The Labute approximate surface area is 99.3 Å².